The first-order valence-electron chi connectivity index (χ1n) is 7.78. The molecule has 2 rings (SSSR count). The van der Waals surface area contributed by atoms with Gasteiger partial charge in [-0.1, -0.05) is 26.0 Å². The molecule has 0 fully saturated rings. The number of carbonyl (C=O) groups is 1. The second-order valence-corrected chi connectivity index (χ2v) is 6.92. The van der Waals surface area contributed by atoms with Crippen molar-refractivity contribution in [3.8, 4) is 5.75 Å². The van der Waals surface area contributed by atoms with Crippen LogP contribution in [0.4, 0.5) is 5.69 Å². The maximum absolute atomic E-state index is 12.0. The van der Waals surface area contributed by atoms with E-state index in [0.29, 0.717) is 11.7 Å². The first-order valence-corrected chi connectivity index (χ1v) is 8.86. The second kappa shape index (κ2) is 8.34. The topological polar surface area (TPSA) is 38.3 Å². The van der Waals surface area contributed by atoms with E-state index < -0.39 is 0 Å². The first kappa shape index (κ1) is 17.8. The van der Waals surface area contributed by atoms with E-state index in [1.165, 1.54) is 5.56 Å². The van der Waals surface area contributed by atoms with Gasteiger partial charge in [-0.05, 0) is 83.3 Å². The Kier molecular flexibility index (Phi) is 6.45. The van der Waals surface area contributed by atoms with Crippen molar-refractivity contribution >= 4 is 34.2 Å². The van der Waals surface area contributed by atoms with Crippen LogP contribution in [0.2, 0.25) is 0 Å². The Morgan fingerprint density at radius 1 is 1.22 bits per heavy atom. The van der Waals surface area contributed by atoms with Crippen molar-refractivity contribution in [2.45, 2.75) is 33.1 Å². The Labute approximate surface area is 151 Å². The number of hydrogen-bond donors (Lipinski definition) is 1. The number of aryl methyl sites for hydroxylation is 1. The summed E-state index contributed by atoms with van der Waals surface area (Å²) in [7, 11) is 0. The molecule has 4 heteroatoms. The normalized spacial score (nSPS) is 11.8. The predicted molar refractivity (Wildman–Crippen MR) is 103 cm³/mol. The van der Waals surface area contributed by atoms with Crippen molar-refractivity contribution in [1.29, 1.82) is 0 Å². The minimum atomic E-state index is -0.152. The number of hydrogen-bond acceptors (Lipinski definition) is 2. The van der Waals surface area contributed by atoms with Crippen LogP contribution in [0.1, 0.15) is 37.3 Å². The molecular formula is C19H22INO2. The fraction of sp³-hybridized carbons (Fsp3) is 0.316. The van der Waals surface area contributed by atoms with Crippen molar-refractivity contribution in [2.75, 3.05) is 11.9 Å². The van der Waals surface area contributed by atoms with Gasteiger partial charge in [-0.3, -0.25) is 4.79 Å². The lowest BCUT2D eigenvalue weighted by molar-refractivity contribution is -0.118. The second-order valence-electron chi connectivity index (χ2n) is 5.67. The summed E-state index contributed by atoms with van der Waals surface area (Å²) in [5.74, 6) is 1.10. The van der Waals surface area contributed by atoms with Crippen molar-refractivity contribution in [1.82, 2.24) is 0 Å². The number of ether oxygens (including phenoxy) is 1. The Morgan fingerprint density at radius 3 is 2.52 bits per heavy atom. The van der Waals surface area contributed by atoms with E-state index in [4.69, 9.17) is 4.74 Å². The third kappa shape index (κ3) is 5.23. The average Bonchev–Trinajstić information content (AvgIpc) is 2.55. The molecule has 0 saturated carbocycles. The van der Waals surface area contributed by atoms with Crippen LogP contribution in [0.5, 0.6) is 5.75 Å². The molecule has 2 aromatic rings. The van der Waals surface area contributed by atoms with E-state index in [1.54, 1.807) is 0 Å². The molecule has 0 aliphatic rings. The summed E-state index contributed by atoms with van der Waals surface area (Å²) in [4.78, 5) is 12.0. The average molecular weight is 423 g/mol. The molecule has 0 aromatic heterocycles. The number of amides is 1. The zero-order valence-electron chi connectivity index (χ0n) is 13.7. The van der Waals surface area contributed by atoms with Gasteiger partial charge >= 0.3 is 0 Å². The van der Waals surface area contributed by atoms with Crippen LogP contribution in [-0.4, -0.2) is 12.5 Å². The molecule has 2 aromatic carbocycles. The number of anilines is 1. The van der Waals surface area contributed by atoms with E-state index in [9.17, 15) is 4.79 Å². The van der Waals surface area contributed by atoms with Gasteiger partial charge in [-0.15, -0.1) is 0 Å². The number of rotatable bonds is 6. The summed E-state index contributed by atoms with van der Waals surface area (Å²) in [6, 6.07) is 13.9. The number of halogens is 1. The molecule has 0 spiro atoms. The monoisotopic (exact) mass is 423 g/mol. The number of carbonyl (C=O) groups excluding carboxylic acids is 1. The van der Waals surface area contributed by atoms with Gasteiger partial charge in [-0.25, -0.2) is 0 Å². The van der Waals surface area contributed by atoms with Gasteiger partial charge in [0.1, 0.15) is 5.75 Å². The zero-order valence-corrected chi connectivity index (χ0v) is 15.9. The third-order valence-electron chi connectivity index (χ3n) is 3.89. The van der Waals surface area contributed by atoms with Crippen molar-refractivity contribution in [3.05, 3.63) is 57.2 Å². The standard InChI is InChI=1S/C19H22INO2/c1-4-13(2)15-5-8-17(9-6-15)23-12-19(22)21-18-10-7-16(20)11-14(18)3/h5-11,13H,4,12H2,1-3H3,(H,21,22)/t13-/m0/s1. The molecule has 0 radical (unpaired) electrons. The highest BCUT2D eigenvalue weighted by atomic mass is 127. The highest BCUT2D eigenvalue weighted by Gasteiger charge is 2.07. The predicted octanol–water partition coefficient (Wildman–Crippen LogP) is 5.13. The van der Waals surface area contributed by atoms with Gasteiger partial charge in [0.05, 0.1) is 0 Å². The smallest absolute Gasteiger partial charge is 0.262 e. The molecule has 122 valence electrons. The van der Waals surface area contributed by atoms with Gasteiger partial charge in [0.15, 0.2) is 6.61 Å². The Morgan fingerprint density at radius 2 is 1.91 bits per heavy atom. The van der Waals surface area contributed by atoms with Crippen LogP contribution < -0.4 is 10.1 Å². The van der Waals surface area contributed by atoms with Crippen molar-refractivity contribution in [2.24, 2.45) is 0 Å². The quantitative estimate of drug-likeness (QED) is 0.655. The lowest BCUT2D eigenvalue weighted by atomic mass is 9.99. The van der Waals surface area contributed by atoms with Gasteiger partial charge in [0.2, 0.25) is 0 Å². The summed E-state index contributed by atoms with van der Waals surface area (Å²) >= 11 is 2.25. The lowest BCUT2D eigenvalue weighted by Crippen LogP contribution is -2.20. The Bertz CT molecular complexity index is 668. The van der Waals surface area contributed by atoms with E-state index in [2.05, 4.69) is 53.9 Å². The van der Waals surface area contributed by atoms with Crippen LogP contribution in [0.25, 0.3) is 0 Å². The maximum Gasteiger partial charge on any atom is 0.262 e. The first-order chi connectivity index (χ1) is 11.0. The SMILES string of the molecule is CC[C@H](C)c1ccc(OCC(=O)Nc2ccc(I)cc2C)cc1. The van der Waals surface area contributed by atoms with Crippen LogP contribution in [-0.2, 0) is 4.79 Å². The summed E-state index contributed by atoms with van der Waals surface area (Å²) in [6.07, 6.45) is 1.11. The van der Waals surface area contributed by atoms with Crippen LogP contribution in [0.3, 0.4) is 0 Å². The highest BCUT2D eigenvalue weighted by molar-refractivity contribution is 14.1. The summed E-state index contributed by atoms with van der Waals surface area (Å²) in [5.41, 5.74) is 3.16. The van der Waals surface area contributed by atoms with Gasteiger partial charge in [0, 0.05) is 9.26 Å². The van der Waals surface area contributed by atoms with Crippen molar-refractivity contribution in [3.63, 3.8) is 0 Å². The minimum absolute atomic E-state index is 0.00804. The molecule has 0 saturated heterocycles. The van der Waals surface area contributed by atoms with Crippen LogP contribution in [0.15, 0.2) is 42.5 Å². The Hall–Kier alpha value is -1.56. The molecule has 0 aliphatic heterocycles. The molecule has 3 nitrogen and oxygen atoms in total. The Balaban J connectivity index is 1.89. The largest absolute Gasteiger partial charge is 0.484 e. The molecular weight excluding hydrogens is 401 g/mol. The van der Waals surface area contributed by atoms with E-state index in [0.717, 1.165) is 21.2 Å². The lowest BCUT2D eigenvalue weighted by Gasteiger charge is -2.12. The van der Waals surface area contributed by atoms with Gasteiger partial charge in [0.25, 0.3) is 5.91 Å². The molecule has 0 unspecified atom stereocenters. The van der Waals surface area contributed by atoms with Gasteiger partial charge in [-0.2, -0.15) is 0 Å². The van der Waals surface area contributed by atoms with Gasteiger partial charge < -0.3 is 10.1 Å². The molecule has 0 aliphatic carbocycles. The summed E-state index contributed by atoms with van der Waals surface area (Å²) in [5, 5.41) is 2.88. The molecule has 1 N–H and O–H groups in total. The molecule has 1 atom stereocenters. The zero-order chi connectivity index (χ0) is 16.8. The van der Waals surface area contributed by atoms with Crippen LogP contribution >= 0.6 is 22.6 Å². The molecule has 1 amide bonds. The summed E-state index contributed by atoms with van der Waals surface area (Å²) in [6.45, 7) is 6.36. The maximum atomic E-state index is 12.0. The highest BCUT2D eigenvalue weighted by Crippen LogP contribution is 2.21. The fourth-order valence-electron chi connectivity index (χ4n) is 2.23. The van der Waals surface area contributed by atoms with Crippen molar-refractivity contribution < 1.29 is 9.53 Å². The van der Waals surface area contributed by atoms with E-state index in [1.807, 2.05) is 37.3 Å². The molecule has 23 heavy (non-hydrogen) atoms. The molecule has 0 heterocycles. The third-order valence-corrected chi connectivity index (χ3v) is 4.56. The minimum Gasteiger partial charge on any atom is -0.484 e. The number of nitrogens with one attached hydrogen (secondary N) is 1. The van der Waals surface area contributed by atoms with Crippen LogP contribution in [0, 0.1) is 10.5 Å². The van der Waals surface area contributed by atoms with E-state index in [-0.39, 0.29) is 12.5 Å². The number of benzene rings is 2. The fourth-order valence-corrected chi connectivity index (χ4v) is 2.88. The van der Waals surface area contributed by atoms with E-state index >= 15 is 0 Å². The summed E-state index contributed by atoms with van der Waals surface area (Å²) < 4.78 is 6.71. The molecule has 0 bridgehead atoms.